The molecule has 3 aromatic rings. The SMILES string of the molecule is CC(C)(C)OC(=O)COc1cc(-c2ccccc2Cc2ccc(OCCN3CCCC3=O)cc2)ccc1OCCN1CCCC1. The van der Waals surface area contributed by atoms with Crippen LogP contribution in [-0.2, 0) is 20.7 Å². The van der Waals surface area contributed by atoms with Crippen molar-refractivity contribution < 1.29 is 28.5 Å². The molecule has 0 spiro atoms. The predicted octanol–water partition coefficient (Wildman–Crippen LogP) is 6.14. The summed E-state index contributed by atoms with van der Waals surface area (Å²) in [7, 11) is 0. The van der Waals surface area contributed by atoms with E-state index in [9.17, 15) is 9.59 Å². The van der Waals surface area contributed by atoms with Gasteiger partial charge in [-0.25, -0.2) is 4.79 Å². The number of likely N-dealkylation sites (tertiary alicyclic amines) is 2. The molecule has 0 atom stereocenters. The third kappa shape index (κ3) is 9.72. The molecule has 8 heteroatoms. The van der Waals surface area contributed by atoms with E-state index in [2.05, 4.69) is 29.2 Å². The number of rotatable bonds is 14. The number of hydrogen-bond acceptors (Lipinski definition) is 7. The fraction of sp³-hybridized carbons (Fsp3) is 0.459. The van der Waals surface area contributed by atoms with Crippen molar-refractivity contribution in [3.63, 3.8) is 0 Å². The van der Waals surface area contributed by atoms with Crippen LogP contribution in [0.3, 0.4) is 0 Å². The molecule has 0 radical (unpaired) electrons. The Morgan fingerprint density at radius 3 is 2.29 bits per heavy atom. The lowest BCUT2D eigenvalue weighted by atomic mass is 9.94. The van der Waals surface area contributed by atoms with Gasteiger partial charge in [-0.2, -0.15) is 0 Å². The summed E-state index contributed by atoms with van der Waals surface area (Å²) in [6.45, 7) is 10.9. The number of carbonyl (C=O) groups excluding carboxylic acids is 2. The second kappa shape index (κ2) is 15.3. The Kier molecular flexibility index (Phi) is 11.0. The molecule has 0 N–H and O–H groups in total. The van der Waals surface area contributed by atoms with Crippen molar-refractivity contribution in [3.8, 4) is 28.4 Å². The maximum atomic E-state index is 12.5. The first-order valence-electron chi connectivity index (χ1n) is 16.2. The van der Waals surface area contributed by atoms with Crippen LogP contribution in [0.1, 0.15) is 57.6 Å². The molecule has 0 unspecified atom stereocenters. The fourth-order valence-electron chi connectivity index (χ4n) is 5.80. The molecular formula is C37H46N2O6. The van der Waals surface area contributed by atoms with Gasteiger partial charge in [-0.1, -0.05) is 42.5 Å². The maximum absolute atomic E-state index is 12.5. The molecule has 3 aromatic carbocycles. The van der Waals surface area contributed by atoms with Gasteiger partial charge in [0.05, 0.1) is 6.54 Å². The highest BCUT2D eigenvalue weighted by molar-refractivity contribution is 5.78. The largest absolute Gasteiger partial charge is 0.492 e. The summed E-state index contributed by atoms with van der Waals surface area (Å²) in [5.41, 5.74) is 3.80. The van der Waals surface area contributed by atoms with E-state index in [0.29, 0.717) is 37.7 Å². The molecule has 2 saturated heterocycles. The van der Waals surface area contributed by atoms with Gasteiger partial charge < -0.3 is 23.8 Å². The third-order valence-corrected chi connectivity index (χ3v) is 8.02. The van der Waals surface area contributed by atoms with Crippen molar-refractivity contribution in [1.82, 2.24) is 9.80 Å². The summed E-state index contributed by atoms with van der Waals surface area (Å²) >= 11 is 0. The fourth-order valence-corrected chi connectivity index (χ4v) is 5.80. The standard InChI is InChI=1S/C37H46N2O6/c1-37(2,3)45-36(41)27-44-34-26-30(14-17-33(34)43-23-21-38-18-6-7-19-38)32-10-5-4-9-29(32)25-28-12-15-31(16-13-28)42-24-22-39-20-8-11-35(39)40/h4-5,9-10,12-17,26H,6-8,11,18-25,27H2,1-3H3. The van der Waals surface area contributed by atoms with Crippen LogP contribution in [0.4, 0.5) is 0 Å². The zero-order valence-electron chi connectivity index (χ0n) is 26.9. The van der Waals surface area contributed by atoms with Crippen molar-refractivity contribution in [1.29, 1.82) is 0 Å². The molecule has 2 fully saturated rings. The minimum absolute atomic E-state index is 0.201. The van der Waals surface area contributed by atoms with E-state index in [1.165, 1.54) is 18.4 Å². The highest BCUT2D eigenvalue weighted by atomic mass is 16.6. The molecule has 2 aliphatic rings. The number of nitrogens with zero attached hydrogens (tertiary/aromatic N) is 2. The number of carbonyl (C=O) groups is 2. The smallest absolute Gasteiger partial charge is 0.344 e. The van der Waals surface area contributed by atoms with E-state index in [0.717, 1.165) is 61.5 Å². The average molecular weight is 615 g/mol. The van der Waals surface area contributed by atoms with Gasteiger partial charge in [-0.05, 0) is 106 Å². The molecule has 2 heterocycles. The van der Waals surface area contributed by atoms with Crippen LogP contribution in [0.15, 0.2) is 66.7 Å². The van der Waals surface area contributed by atoms with Crippen molar-refractivity contribution >= 4 is 11.9 Å². The lowest BCUT2D eigenvalue weighted by Crippen LogP contribution is -2.29. The van der Waals surface area contributed by atoms with Crippen LogP contribution >= 0.6 is 0 Å². The molecule has 240 valence electrons. The first-order chi connectivity index (χ1) is 21.7. The van der Waals surface area contributed by atoms with Crippen LogP contribution in [0.25, 0.3) is 11.1 Å². The predicted molar refractivity (Wildman–Crippen MR) is 175 cm³/mol. The number of ether oxygens (including phenoxy) is 4. The van der Waals surface area contributed by atoms with E-state index >= 15 is 0 Å². The van der Waals surface area contributed by atoms with Gasteiger partial charge in [0.25, 0.3) is 0 Å². The Morgan fingerprint density at radius 1 is 0.800 bits per heavy atom. The monoisotopic (exact) mass is 614 g/mol. The molecule has 0 saturated carbocycles. The van der Waals surface area contributed by atoms with Gasteiger partial charge in [0, 0.05) is 19.5 Å². The first-order valence-corrected chi connectivity index (χ1v) is 16.2. The second-order valence-electron chi connectivity index (χ2n) is 12.7. The van der Waals surface area contributed by atoms with E-state index in [4.69, 9.17) is 18.9 Å². The minimum Gasteiger partial charge on any atom is -0.492 e. The van der Waals surface area contributed by atoms with Crippen molar-refractivity contribution in [2.24, 2.45) is 0 Å². The van der Waals surface area contributed by atoms with Crippen molar-refractivity contribution in [2.45, 2.75) is 58.5 Å². The normalized spacial score (nSPS) is 15.4. The minimum atomic E-state index is -0.589. The maximum Gasteiger partial charge on any atom is 0.344 e. The molecule has 8 nitrogen and oxygen atoms in total. The number of esters is 1. The Balaban J connectivity index is 1.27. The molecule has 0 aliphatic carbocycles. The van der Waals surface area contributed by atoms with Gasteiger partial charge >= 0.3 is 5.97 Å². The van der Waals surface area contributed by atoms with Crippen LogP contribution in [0.5, 0.6) is 17.2 Å². The van der Waals surface area contributed by atoms with Crippen LogP contribution in [0.2, 0.25) is 0 Å². The van der Waals surface area contributed by atoms with E-state index in [1.54, 1.807) is 0 Å². The van der Waals surface area contributed by atoms with Gasteiger partial charge in [0.1, 0.15) is 24.6 Å². The van der Waals surface area contributed by atoms with Gasteiger partial charge in [0.2, 0.25) is 5.91 Å². The van der Waals surface area contributed by atoms with Crippen molar-refractivity contribution in [3.05, 3.63) is 77.9 Å². The molecule has 1 amide bonds. The molecule has 5 rings (SSSR count). The quantitative estimate of drug-likeness (QED) is 0.202. The number of benzene rings is 3. The van der Waals surface area contributed by atoms with Gasteiger partial charge in [-0.15, -0.1) is 0 Å². The Hall–Kier alpha value is -4.04. The summed E-state index contributed by atoms with van der Waals surface area (Å²) in [6, 6.07) is 22.4. The van der Waals surface area contributed by atoms with Gasteiger partial charge in [-0.3, -0.25) is 9.69 Å². The molecular weight excluding hydrogens is 568 g/mol. The van der Waals surface area contributed by atoms with E-state index < -0.39 is 11.6 Å². The zero-order chi connectivity index (χ0) is 31.6. The Labute approximate surface area is 267 Å². The highest BCUT2D eigenvalue weighted by Gasteiger charge is 2.20. The molecule has 0 bridgehead atoms. The summed E-state index contributed by atoms with van der Waals surface area (Å²) < 4.78 is 23.6. The zero-order valence-corrected chi connectivity index (χ0v) is 26.9. The molecule has 2 aliphatic heterocycles. The summed E-state index contributed by atoms with van der Waals surface area (Å²) in [4.78, 5) is 28.6. The summed E-state index contributed by atoms with van der Waals surface area (Å²) in [5.74, 6) is 1.73. The third-order valence-electron chi connectivity index (χ3n) is 8.02. The second-order valence-corrected chi connectivity index (χ2v) is 12.7. The van der Waals surface area contributed by atoms with Crippen LogP contribution in [0, 0.1) is 0 Å². The summed E-state index contributed by atoms with van der Waals surface area (Å²) in [6.07, 6.45) is 4.79. The topological polar surface area (TPSA) is 77.5 Å². The lowest BCUT2D eigenvalue weighted by molar-refractivity contribution is -0.157. The summed E-state index contributed by atoms with van der Waals surface area (Å²) in [5, 5.41) is 0. The molecule has 0 aromatic heterocycles. The Bertz CT molecular complexity index is 1430. The van der Waals surface area contributed by atoms with Crippen LogP contribution in [-0.4, -0.2) is 79.8 Å². The average Bonchev–Trinajstić information content (AvgIpc) is 3.69. The van der Waals surface area contributed by atoms with Crippen molar-refractivity contribution in [2.75, 3.05) is 52.5 Å². The van der Waals surface area contributed by atoms with E-state index in [1.807, 2.05) is 68.1 Å². The van der Waals surface area contributed by atoms with E-state index in [-0.39, 0.29) is 12.5 Å². The van der Waals surface area contributed by atoms with Gasteiger partial charge in [0.15, 0.2) is 18.1 Å². The highest BCUT2D eigenvalue weighted by Crippen LogP contribution is 2.35. The van der Waals surface area contributed by atoms with Crippen LogP contribution < -0.4 is 14.2 Å². The number of amides is 1. The lowest BCUT2D eigenvalue weighted by Gasteiger charge is -2.21. The molecule has 45 heavy (non-hydrogen) atoms. The number of hydrogen-bond donors (Lipinski definition) is 0. The Morgan fingerprint density at radius 2 is 1.56 bits per heavy atom. The first kappa shape index (κ1) is 32.4.